The van der Waals surface area contributed by atoms with Crippen LogP contribution in [-0.4, -0.2) is 12.9 Å². The van der Waals surface area contributed by atoms with E-state index in [1.165, 1.54) is 0 Å². The summed E-state index contributed by atoms with van der Waals surface area (Å²) in [6.45, 7) is 0. The summed E-state index contributed by atoms with van der Waals surface area (Å²) >= 11 is 11.5. The molecule has 0 saturated heterocycles. The number of hydrogen-bond donors (Lipinski definition) is 2. The van der Waals surface area contributed by atoms with Gasteiger partial charge in [0.05, 0.1) is 10.0 Å². The molecular formula is C8H8Cl2N2. The maximum absolute atomic E-state index is 7.43. The second-order valence-electron chi connectivity index (χ2n) is 2.25. The number of hydrogen-bond acceptors (Lipinski definition) is 1. The van der Waals surface area contributed by atoms with Gasteiger partial charge >= 0.3 is 0 Å². The van der Waals surface area contributed by atoms with Gasteiger partial charge in [0.25, 0.3) is 0 Å². The SMILES string of the molecule is CNC(=N)c1ccc(Cl)c(Cl)c1. The maximum Gasteiger partial charge on any atom is 0.125 e. The van der Waals surface area contributed by atoms with E-state index in [1.807, 2.05) is 0 Å². The highest BCUT2D eigenvalue weighted by atomic mass is 35.5. The molecular weight excluding hydrogens is 195 g/mol. The fraction of sp³-hybridized carbons (Fsp3) is 0.125. The Morgan fingerprint density at radius 2 is 2.00 bits per heavy atom. The Morgan fingerprint density at radius 1 is 1.33 bits per heavy atom. The first-order chi connectivity index (χ1) is 5.65. The van der Waals surface area contributed by atoms with Gasteiger partial charge in [0.15, 0.2) is 0 Å². The van der Waals surface area contributed by atoms with E-state index in [0.717, 1.165) is 5.56 Å². The van der Waals surface area contributed by atoms with E-state index < -0.39 is 0 Å². The molecule has 0 heterocycles. The first-order valence-electron chi connectivity index (χ1n) is 3.37. The molecule has 12 heavy (non-hydrogen) atoms. The average molecular weight is 203 g/mol. The highest BCUT2D eigenvalue weighted by Crippen LogP contribution is 2.22. The van der Waals surface area contributed by atoms with Crippen LogP contribution in [0.25, 0.3) is 0 Å². The van der Waals surface area contributed by atoms with Crippen LogP contribution in [0.3, 0.4) is 0 Å². The van der Waals surface area contributed by atoms with Gasteiger partial charge in [-0.3, -0.25) is 5.41 Å². The maximum atomic E-state index is 7.43. The van der Waals surface area contributed by atoms with Crippen molar-refractivity contribution in [1.29, 1.82) is 5.41 Å². The largest absolute Gasteiger partial charge is 0.373 e. The Balaban J connectivity index is 3.05. The molecule has 0 fully saturated rings. The number of benzene rings is 1. The molecule has 4 heteroatoms. The van der Waals surface area contributed by atoms with Crippen LogP contribution in [0.5, 0.6) is 0 Å². The quantitative estimate of drug-likeness (QED) is 0.533. The summed E-state index contributed by atoms with van der Waals surface area (Å²) in [4.78, 5) is 0. The van der Waals surface area contributed by atoms with E-state index in [0.29, 0.717) is 15.9 Å². The summed E-state index contributed by atoms with van der Waals surface area (Å²) in [5, 5.41) is 11.1. The minimum atomic E-state index is 0.327. The van der Waals surface area contributed by atoms with Crippen LogP contribution < -0.4 is 5.32 Å². The topological polar surface area (TPSA) is 35.9 Å². The summed E-state index contributed by atoms with van der Waals surface area (Å²) in [5.74, 6) is 0.327. The van der Waals surface area contributed by atoms with Gasteiger partial charge in [-0.25, -0.2) is 0 Å². The standard InChI is InChI=1S/C8H8Cl2N2/c1-12-8(11)5-2-3-6(9)7(10)4-5/h2-4H,1H3,(H2,11,12). The third kappa shape index (κ3) is 1.90. The Kier molecular flexibility index (Phi) is 2.95. The van der Waals surface area contributed by atoms with E-state index in [1.54, 1.807) is 25.2 Å². The molecule has 0 atom stereocenters. The lowest BCUT2D eigenvalue weighted by Gasteiger charge is -2.03. The summed E-state index contributed by atoms with van der Waals surface area (Å²) in [6, 6.07) is 5.07. The van der Waals surface area contributed by atoms with Crippen LogP contribution in [0.2, 0.25) is 10.0 Å². The van der Waals surface area contributed by atoms with E-state index >= 15 is 0 Å². The predicted octanol–water partition coefficient (Wildman–Crippen LogP) is 2.54. The smallest absolute Gasteiger partial charge is 0.125 e. The van der Waals surface area contributed by atoms with Crippen molar-refractivity contribution in [2.24, 2.45) is 0 Å². The molecule has 0 spiro atoms. The van der Waals surface area contributed by atoms with Crippen molar-refractivity contribution in [1.82, 2.24) is 5.32 Å². The zero-order chi connectivity index (χ0) is 9.14. The predicted molar refractivity (Wildman–Crippen MR) is 52.4 cm³/mol. The Morgan fingerprint density at radius 3 is 2.50 bits per heavy atom. The van der Waals surface area contributed by atoms with Gasteiger partial charge in [-0.2, -0.15) is 0 Å². The molecule has 1 aromatic rings. The van der Waals surface area contributed by atoms with Crippen molar-refractivity contribution < 1.29 is 0 Å². The number of rotatable bonds is 1. The van der Waals surface area contributed by atoms with E-state index in [9.17, 15) is 0 Å². The molecule has 0 saturated carbocycles. The Hall–Kier alpha value is -0.730. The van der Waals surface area contributed by atoms with Crippen LogP contribution in [0.1, 0.15) is 5.56 Å². The lowest BCUT2D eigenvalue weighted by molar-refractivity contribution is 1.14. The average Bonchev–Trinajstić information content (AvgIpc) is 2.08. The molecule has 0 bridgehead atoms. The van der Waals surface area contributed by atoms with Crippen LogP contribution in [-0.2, 0) is 0 Å². The van der Waals surface area contributed by atoms with Crippen LogP contribution in [0.15, 0.2) is 18.2 Å². The van der Waals surface area contributed by atoms with E-state index in [-0.39, 0.29) is 0 Å². The first-order valence-corrected chi connectivity index (χ1v) is 4.12. The second kappa shape index (κ2) is 3.78. The van der Waals surface area contributed by atoms with Gasteiger partial charge in [-0.1, -0.05) is 23.2 Å². The third-order valence-corrected chi connectivity index (χ3v) is 2.20. The van der Waals surface area contributed by atoms with Crippen LogP contribution >= 0.6 is 23.2 Å². The van der Waals surface area contributed by atoms with Gasteiger partial charge in [0, 0.05) is 12.6 Å². The van der Waals surface area contributed by atoms with E-state index in [4.69, 9.17) is 28.6 Å². The molecule has 1 aromatic carbocycles. The zero-order valence-corrected chi connectivity index (χ0v) is 8.00. The number of nitrogens with one attached hydrogen (secondary N) is 2. The van der Waals surface area contributed by atoms with Crippen molar-refractivity contribution in [2.45, 2.75) is 0 Å². The Bertz CT molecular complexity index is 310. The molecule has 0 amide bonds. The monoisotopic (exact) mass is 202 g/mol. The lowest BCUT2D eigenvalue weighted by Crippen LogP contribution is -2.17. The molecule has 2 nitrogen and oxygen atoms in total. The van der Waals surface area contributed by atoms with Crippen molar-refractivity contribution in [3.8, 4) is 0 Å². The molecule has 0 aliphatic rings. The highest BCUT2D eigenvalue weighted by Gasteiger charge is 2.01. The summed E-state index contributed by atoms with van der Waals surface area (Å²) in [6.07, 6.45) is 0. The molecule has 0 aliphatic carbocycles. The summed E-state index contributed by atoms with van der Waals surface area (Å²) < 4.78 is 0. The van der Waals surface area contributed by atoms with Gasteiger partial charge in [-0.15, -0.1) is 0 Å². The van der Waals surface area contributed by atoms with Crippen molar-refractivity contribution in [3.63, 3.8) is 0 Å². The molecule has 0 aliphatic heterocycles. The molecule has 0 unspecified atom stereocenters. The highest BCUT2D eigenvalue weighted by molar-refractivity contribution is 6.42. The fourth-order valence-corrected chi connectivity index (χ4v) is 1.09. The first kappa shape index (κ1) is 9.36. The fourth-order valence-electron chi connectivity index (χ4n) is 0.796. The normalized spacial score (nSPS) is 9.58. The molecule has 0 radical (unpaired) electrons. The van der Waals surface area contributed by atoms with Gasteiger partial charge in [0.1, 0.15) is 5.84 Å². The van der Waals surface area contributed by atoms with Gasteiger partial charge in [-0.05, 0) is 18.2 Å². The molecule has 2 N–H and O–H groups in total. The number of halogens is 2. The van der Waals surface area contributed by atoms with Gasteiger partial charge < -0.3 is 5.32 Å². The van der Waals surface area contributed by atoms with Gasteiger partial charge in [0.2, 0.25) is 0 Å². The van der Waals surface area contributed by atoms with Crippen LogP contribution in [0, 0.1) is 5.41 Å². The second-order valence-corrected chi connectivity index (χ2v) is 3.07. The molecule has 1 rings (SSSR count). The zero-order valence-electron chi connectivity index (χ0n) is 6.49. The minimum Gasteiger partial charge on any atom is -0.373 e. The van der Waals surface area contributed by atoms with E-state index in [2.05, 4.69) is 5.32 Å². The summed E-state index contributed by atoms with van der Waals surface area (Å²) in [7, 11) is 1.69. The van der Waals surface area contributed by atoms with Crippen molar-refractivity contribution in [2.75, 3.05) is 7.05 Å². The molecule has 64 valence electrons. The minimum absolute atomic E-state index is 0.327. The number of amidine groups is 1. The van der Waals surface area contributed by atoms with Crippen molar-refractivity contribution in [3.05, 3.63) is 33.8 Å². The lowest BCUT2D eigenvalue weighted by atomic mass is 10.2. The third-order valence-electron chi connectivity index (χ3n) is 1.46. The van der Waals surface area contributed by atoms with Crippen LogP contribution in [0.4, 0.5) is 0 Å². The van der Waals surface area contributed by atoms with Crippen molar-refractivity contribution >= 4 is 29.0 Å². The molecule has 0 aromatic heterocycles. The summed E-state index contributed by atoms with van der Waals surface area (Å²) in [5.41, 5.74) is 0.729. The Labute approximate surface area is 81.0 Å².